The lowest BCUT2D eigenvalue weighted by Gasteiger charge is -2.26. The minimum atomic E-state index is -0.720. The first-order chi connectivity index (χ1) is 12.2. The van der Waals surface area contributed by atoms with E-state index in [4.69, 9.17) is 14.2 Å². The minimum Gasteiger partial charge on any atom is -0.444 e. The average molecular weight is 370 g/mol. The van der Waals surface area contributed by atoms with Crippen molar-refractivity contribution in [1.29, 1.82) is 0 Å². The van der Waals surface area contributed by atoms with E-state index in [0.717, 1.165) is 32.1 Å². The third kappa shape index (κ3) is 7.09. The molecule has 148 valence electrons. The summed E-state index contributed by atoms with van der Waals surface area (Å²) in [5, 5.41) is 5.83. The Balaban J connectivity index is 1.86. The van der Waals surface area contributed by atoms with Crippen molar-refractivity contribution in [3.05, 3.63) is 0 Å². The summed E-state index contributed by atoms with van der Waals surface area (Å²) in [5.74, 6) is 0.106. The number of amides is 2. The molecular weight excluding hydrogens is 340 g/mol. The fourth-order valence-corrected chi connectivity index (χ4v) is 3.20. The SMILES string of the molecule is CC(C)(C)OC(=O)NC(CCCC1CCCCC(=O)N1)C1COC(=O)O1. The molecule has 0 bridgehead atoms. The van der Waals surface area contributed by atoms with Crippen LogP contribution in [0, 0.1) is 0 Å². The molecule has 2 rings (SSSR count). The molecule has 2 saturated heterocycles. The highest BCUT2D eigenvalue weighted by Gasteiger charge is 2.34. The molecule has 2 fully saturated rings. The zero-order chi connectivity index (χ0) is 19.2. The van der Waals surface area contributed by atoms with Crippen molar-refractivity contribution in [2.24, 2.45) is 0 Å². The van der Waals surface area contributed by atoms with Crippen molar-refractivity contribution in [3.8, 4) is 0 Å². The first-order valence-electron chi connectivity index (χ1n) is 9.35. The lowest BCUT2D eigenvalue weighted by Crippen LogP contribution is -2.46. The Labute approximate surface area is 154 Å². The summed E-state index contributed by atoms with van der Waals surface area (Å²) >= 11 is 0. The molecule has 0 aromatic carbocycles. The number of nitrogens with one attached hydrogen (secondary N) is 2. The van der Waals surface area contributed by atoms with Gasteiger partial charge in [-0.2, -0.15) is 0 Å². The molecule has 2 N–H and O–H groups in total. The highest BCUT2D eigenvalue weighted by atomic mass is 16.8. The predicted molar refractivity (Wildman–Crippen MR) is 93.6 cm³/mol. The van der Waals surface area contributed by atoms with Crippen molar-refractivity contribution in [1.82, 2.24) is 10.6 Å². The van der Waals surface area contributed by atoms with Crippen molar-refractivity contribution >= 4 is 18.2 Å². The van der Waals surface area contributed by atoms with Crippen LogP contribution in [0.15, 0.2) is 0 Å². The van der Waals surface area contributed by atoms with Crippen LogP contribution in [0.4, 0.5) is 9.59 Å². The topological polar surface area (TPSA) is 103 Å². The van der Waals surface area contributed by atoms with Gasteiger partial charge in [0.15, 0.2) is 6.10 Å². The summed E-state index contributed by atoms with van der Waals surface area (Å²) in [5.41, 5.74) is -0.609. The zero-order valence-corrected chi connectivity index (χ0v) is 15.8. The maximum absolute atomic E-state index is 12.1. The van der Waals surface area contributed by atoms with Gasteiger partial charge in [0.25, 0.3) is 0 Å². The number of hydrogen-bond donors (Lipinski definition) is 2. The molecule has 8 nitrogen and oxygen atoms in total. The monoisotopic (exact) mass is 370 g/mol. The predicted octanol–water partition coefficient (Wildman–Crippen LogP) is 2.64. The van der Waals surface area contributed by atoms with E-state index in [-0.39, 0.29) is 18.6 Å². The Morgan fingerprint density at radius 3 is 2.77 bits per heavy atom. The van der Waals surface area contributed by atoms with Crippen LogP contribution in [0.2, 0.25) is 0 Å². The van der Waals surface area contributed by atoms with Gasteiger partial charge < -0.3 is 24.8 Å². The molecule has 0 saturated carbocycles. The van der Waals surface area contributed by atoms with Crippen LogP contribution >= 0.6 is 0 Å². The van der Waals surface area contributed by atoms with E-state index in [1.807, 2.05) is 0 Å². The zero-order valence-electron chi connectivity index (χ0n) is 15.8. The molecule has 8 heteroatoms. The molecular formula is C18H30N2O6. The largest absolute Gasteiger partial charge is 0.508 e. The minimum absolute atomic E-state index is 0.106. The molecule has 0 radical (unpaired) electrons. The number of carbonyl (C=O) groups is 3. The van der Waals surface area contributed by atoms with E-state index in [2.05, 4.69) is 10.6 Å². The van der Waals surface area contributed by atoms with E-state index < -0.39 is 30.0 Å². The Morgan fingerprint density at radius 2 is 2.12 bits per heavy atom. The smallest absolute Gasteiger partial charge is 0.444 e. The van der Waals surface area contributed by atoms with E-state index in [1.54, 1.807) is 20.8 Å². The van der Waals surface area contributed by atoms with Gasteiger partial charge in [0, 0.05) is 12.5 Å². The maximum Gasteiger partial charge on any atom is 0.508 e. The van der Waals surface area contributed by atoms with Crippen molar-refractivity contribution < 1.29 is 28.6 Å². The molecule has 0 spiro atoms. The lowest BCUT2D eigenvalue weighted by atomic mass is 9.99. The van der Waals surface area contributed by atoms with E-state index >= 15 is 0 Å². The summed E-state index contributed by atoms with van der Waals surface area (Å²) < 4.78 is 15.3. The summed E-state index contributed by atoms with van der Waals surface area (Å²) in [6.07, 6.45) is 3.93. The van der Waals surface area contributed by atoms with Crippen LogP contribution in [0.5, 0.6) is 0 Å². The Kier molecular flexibility index (Phi) is 7.11. The molecule has 0 aliphatic carbocycles. The molecule has 0 aromatic rings. The number of alkyl carbamates (subject to hydrolysis) is 1. The number of carbonyl (C=O) groups excluding carboxylic acids is 3. The number of hydrogen-bond acceptors (Lipinski definition) is 6. The second kappa shape index (κ2) is 9.09. The Hall–Kier alpha value is -1.99. The van der Waals surface area contributed by atoms with Gasteiger partial charge in [0.1, 0.15) is 12.2 Å². The van der Waals surface area contributed by atoms with Crippen LogP contribution in [-0.2, 0) is 19.0 Å². The fourth-order valence-electron chi connectivity index (χ4n) is 3.20. The highest BCUT2D eigenvalue weighted by Crippen LogP contribution is 2.19. The summed E-state index contributed by atoms with van der Waals surface area (Å²) in [4.78, 5) is 35.0. The van der Waals surface area contributed by atoms with Gasteiger partial charge in [-0.05, 0) is 52.9 Å². The van der Waals surface area contributed by atoms with Gasteiger partial charge in [-0.15, -0.1) is 0 Å². The number of ether oxygens (including phenoxy) is 3. The standard InChI is InChI=1S/C18H30N2O6/c1-18(2,3)26-16(22)20-13(14-11-24-17(23)25-14)9-6-8-12-7-4-5-10-15(21)19-12/h12-14H,4-11H2,1-3H3,(H,19,21)(H,20,22). The van der Waals surface area contributed by atoms with Crippen LogP contribution in [0.1, 0.15) is 65.7 Å². The van der Waals surface area contributed by atoms with Crippen molar-refractivity contribution in [3.63, 3.8) is 0 Å². The van der Waals surface area contributed by atoms with Gasteiger partial charge in [-0.1, -0.05) is 6.42 Å². The van der Waals surface area contributed by atoms with Crippen LogP contribution < -0.4 is 10.6 Å². The molecule has 2 aliphatic rings. The summed E-state index contributed by atoms with van der Waals surface area (Å²) in [6.45, 7) is 5.47. The lowest BCUT2D eigenvalue weighted by molar-refractivity contribution is -0.121. The molecule has 3 unspecified atom stereocenters. The van der Waals surface area contributed by atoms with Gasteiger partial charge >= 0.3 is 12.2 Å². The van der Waals surface area contributed by atoms with Crippen LogP contribution in [0.25, 0.3) is 0 Å². The molecule has 2 aliphatic heterocycles. The average Bonchev–Trinajstić information content (AvgIpc) is 2.83. The second-order valence-electron chi connectivity index (χ2n) is 7.91. The van der Waals surface area contributed by atoms with Crippen molar-refractivity contribution in [2.45, 2.75) is 89.5 Å². The first-order valence-corrected chi connectivity index (χ1v) is 9.35. The molecule has 2 amide bonds. The Morgan fingerprint density at radius 1 is 1.35 bits per heavy atom. The fraction of sp³-hybridized carbons (Fsp3) is 0.833. The maximum atomic E-state index is 12.1. The van der Waals surface area contributed by atoms with Crippen LogP contribution in [0.3, 0.4) is 0 Å². The summed E-state index contributed by atoms with van der Waals surface area (Å²) in [7, 11) is 0. The van der Waals surface area contributed by atoms with Gasteiger partial charge in [-0.25, -0.2) is 9.59 Å². The molecule has 26 heavy (non-hydrogen) atoms. The normalized spacial score (nSPS) is 24.7. The first kappa shape index (κ1) is 20.3. The van der Waals surface area contributed by atoms with E-state index in [9.17, 15) is 14.4 Å². The molecule has 2 heterocycles. The summed E-state index contributed by atoms with van der Waals surface area (Å²) in [6, 6.07) is -0.229. The third-order valence-corrected chi connectivity index (χ3v) is 4.40. The number of rotatable bonds is 6. The van der Waals surface area contributed by atoms with Gasteiger partial charge in [0.05, 0.1) is 6.04 Å². The quantitative estimate of drug-likeness (QED) is 0.697. The molecule has 3 atom stereocenters. The highest BCUT2D eigenvalue weighted by molar-refractivity contribution is 5.76. The van der Waals surface area contributed by atoms with Crippen LogP contribution in [-0.4, -0.2) is 48.6 Å². The third-order valence-electron chi connectivity index (χ3n) is 4.40. The van der Waals surface area contributed by atoms with E-state index in [1.165, 1.54) is 0 Å². The van der Waals surface area contributed by atoms with Gasteiger partial charge in [-0.3, -0.25) is 4.79 Å². The van der Waals surface area contributed by atoms with Crippen molar-refractivity contribution in [2.75, 3.05) is 6.61 Å². The van der Waals surface area contributed by atoms with Gasteiger partial charge in [0.2, 0.25) is 5.91 Å². The molecule has 0 aromatic heterocycles. The Bertz CT molecular complexity index is 516. The number of cyclic esters (lactones) is 2. The van der Waals surface area contributed by atoms with E-state index in [0.29, 0.717) is 12.8 Å². The second-order valence-corrected chi connectivity index (χ2v) is 7.91.